The van der Waals surface area contributed by atoms with Gasteiger partial charge in [-0.25, -0.2) is 8.42 Å². The second kappa shape index (κ2) is 9.04. The van der Waals surface area contributed by atoms with E-state index >= 15 is 0 Å². The van der Waals surface area contributed by atoms with Gasteiger partial charge in [-0.2, -0.15) is 0 Å². The molecule has 0 aromatic heterocycles. The van der Waals surface area contributed by atoms with Gasteiger partial charge in [-0.1, -0.05) is 72.6 Å². The van der Waals surface area contributed by atoms with E-state index in [0.29, 0.717) is 10.6 Å². The van der Waals surface area contributed by atoms with Crippen molar-refractivity contribution in [2.75, 3.05) is 0 Å². The lowest BCUT2D eigenvalue weighted by molar-refractivity contribution is -0.130. The third-order valence-electron chi connectivity index (χ3n) is 5.85. The van der Waals surface area contributed by atoms with Crippen LogP contribution in [0.25, 0.3) is 0 Å². The van der Waals surface area contributed by atoms with Crippen LogP contribution in [0.15, 0.2) is 88.4 Å². The van der Waals surface area contributed by atoms with Gasteiger partial charge in [-0.3, -0.25) is 4.79 Å². The smallest absolute Gasteiger partial charge is 0.290 e. The Morgan fingerprint density at radius 1 is 0.909 bits per heavy atom. The van der Waals surface area contributed by atoms with Gasteiger partial charge in [-0.05, 0) is 54.3 Å². The number of aliphatic hydroxyl groups is 1. The first-order valence-electron chi connectivity index (χ1n) is 10.6. The minimum Gasteiger partial charge on any atom is -0.502 e. The Labute approximate surface area is 198 Å². The number of carbonyl (C=O) groups excluding carboxylic acids is 1. The highest BCUT2D eigenvalue weighted by atomic mass is 35.5. The van der Waals surface area contributed by atoms with Crippen LogP contribution in [0, 0.1) is 6.92 Å². The van der Waals surface area contributed by atoms with Gasteiger partial charge in [0.05, 0.1) is 10.9 Å². The lowest BCUT2D eigenvalue weighted by Gasteiger charge is -2.27. The van der Waals surface area contributed by atoms with E-state index in [1.54, 1.807) is 36.4 Å². The molecule has 5 nitrogen and oxygen atoms in total. The Hall–Kier alpha value is -3.09. The molecule has 0 fully saturated rings. The van der Waals surface area contributed by atoms with Crippen LogP contribution in [0.5, 0.6) is 0 Å². The Morgan fingerprint density at radius 2 is 1.48 bits per heavy atom. The summed E-state index contributed by atoms with van der Waals surface area (Å²) in [4.78, 5) is 14.3. The molecule has 3 aromatic rings. The van der Waals surface area contributed by atoms with Crippen molar-refractivity contribution in [3.63, 3.8) is 0 Å². The lowest BCUT2D eigenvalue weighted by atomic mass is 10.0. The van der Waals surface area contributed by atoms with Crippen LogP contribution in [-0.2, 0) is 27.6 Å². The summed E-state index contributed by atoms with van der Waals surface area (Å²) in [6, 6.07) is 19.8. The third kappa shape index (κ3) is 4.41. The Morgan fingerprint density at radius 3 is 2.06 bits per heavy atom. The molecular formula is C26H24ClNO4S. The number of hydrogen-bond donors (Lipinski definition) is 1. The molecule has 7 heteroatoms. The van der Waals surface area contributed by atoms with E-state index in [1.165, 1.54) is 17.0 Å². The van der Waals surface area contributed by atoms with Crippen LogP contribution in [0.3, 0.4) is 0 Å². The maximum Gasteiger partial charge on any atom is 0.290 e. The number of hydrogen-bond acceptors (Lipinski definition) is 4. The molecule has 170 valence electrons. The van der Waals surface area contributed by atoms with E-state index in [0.717, 1.165) is 23.1 Å². The number of benzene rings is 3. The fourth-order valence-electron chi connectivity index (χ4n) is 3.96. The molecule has 1 heterocycles. The molecule has 0 spiro atoms. The molecule has 1 amide bonds. The van der Waals surface area contributed by atoms with Gasteiger partial charge in [0.2, 0.25) is 9.84 Å². The number of amides is 1. The largest absolute Gasteiger partial charge is 0.502 e. The summed E-state index contributed by atoms with van der Waals surface area (Å²) in [5.74, 6) is -1.46. The molecule has 1 aliphatic heterocycles. The molecule has 0 saturated heterocycles. The van der Waals surface area contributed by atoms with E-state index in [-0.39, 0.29) is 16.3 Å². The zero-order valence-electron chi connectivity index (χ0n) is 18.3. The van der Waals surface area contributed by atoms with E-state index in [2.05, 4.69) is 0 Å². The minimum absolute atomic E-state index is 0.0333. The SMILES string of the molecule is CCc1ccc(C2C(S(=O)(=O)c3ccc(C)cc3)=C(O)C(=O)N2Cc2ccc(Cl)cc2)cc1. The van der Waals surface area contributed by atoms with E-state index in [9.17, 15) is 18.3 Å². The zero-order chi connectivity index (χ0) is 23.8. The van der Waals surface area contributed by atoms with Gasteiger partial charge in [-0.15, -0.1) is 0 Å². The molecular weight excluding hydrogens is 458 g/mol. The summed E-state index contributed by atoms with van der Waals surface area (Å²) in [6.07, 6.45) is 0.827. The molecule has 1 atom stereocenters. The van der Waals surface area contributed by atoms with Gasteiger partial charge < -0.3 is 10.0 Å². The molecule has 3 aromatic carbocycles. The number of sulfone groups is 1. The quantitative estimate of drug-likeness (QED) is 0.501. The first kappa shape index (κ1) is 23.1. The highest BCUT2D eigenvalue weighted by Crippen LogP contribution is 2.43. The highest BCUT2D eigenvalue weighted by molar-refractivity contribution is 7.95. The van der Waals surface area contributed by atoms with Crippen LogP contribution in [0.1, 0.15) is 35.2 Å². The number of aliphatic hydroxyl groups excluding tert-OH is 1. The molecule has 1 unspecified atom stereocenters. The molecule has 1 N–H and O–H groups in total. The zero-order valence-corrected chi connectivity index (χ0v) is 19.9. The summed E-state index contributed by atoms with van der Waals surface area (Å²) in [7, 11) is -4.14. The number of halogens is 1. The molecule has 1 aliphatic rings. The third-order valence-corrected chi connectivity index (χ3v) is 7.99. The highest BCUT2D eigenvalue weighted by Gasteiger charge is 2.46. The lowest BCUT2D eigenvalue weighted by Crippen LogP contribution is -2.30. The van der Waals surface area contributed by atoms with Crippen LogP contribution in [-0.4, -0.2) is 24.3 Å². The van der Waals surface area contributed by atoms with Crippen molar-refractivity contribution >= 4 is 27.3 Å². The number of carbonyl (C=O) groups is 1. The fraction of sp³-hybridized carbons (Fsp3) is 0.192. The van der Waals surface area contributed by atoms with Crippen LogP contribution in [0.2, 0.25) is 5.02 Å². The van der Waals surface area contributed by atoms with E-state index < -0.39 is 27.5 Å². The molecule has 0 bridgehead atoms. The summed E-state index contributed by atoms with van der Waals surface area (Å²) in [5.41, 5.74) is 3.38. The number of rotatable bonds is 6. The van der Waals surface area contributed by atoms with Crippen molar-refractivity contribution in [3.05, 3.63) is 111 Å². The second-order valence-electron chi connectivity index (χ2n) is 8.09. The average molecular weight is 482 g/mol. The molecule has 4 rings (SSSR count). The van der Waals surface area contributed by atoms with Crippen molar-refractivity contribution in [1.82, 2.24) is 4.90 Å². The minimum atomic E-state index is -4.14. The average Bonchev–Trinajstić information content (AvgIpc) is 3.06. The monoisotopic (exact) mass is 481 g/mol. The topological polar surface area (TPSA) is 74.7 Å². The van der Waals surface area contributed by atoms with Crippen molar-refractivity contribution in [2.24, 2.45) is 0 Å². The summed E-state index contributed by atoms with van der Waals surface area (Å²) in [6.45, 7) is 4.01. The molecule has 0 saturated carbocycles. The van der Waals surface area contributed by atoms with Gasteiger partial charge in [0.1, 0.15) is 4.91 Å². The Bertz CT molecular complexity index is 1310. The number of aryl methyl sites for hydroxylation is 2. The Balaban J connectivity index is 1.84. The van der Waals surface area contributed by atoms with Gasteiger partial charge in [0.25, 0.3) is 5.91 Å². The van der Waals surface area contributed by atoms with Crippen LogP contribution < -0.4 is 0 Å². The molecule has 0 aliphatic carbocycles. The maximum absolute atomic E-state index is 13.6. The summed E-state index contributed by atoms with van der Waals surface area (Å²) >= 11 is 5.99. The normalized spacial score (nSPS) is 16.5. The standard InChI is InChI=1S/C26H24ClNO4S/c1-3-18-6-10-20(11-7-18)23-25(33(31,32)22-14-4-17(2)5-15-22)24(29)26(30)28(23)16-19-8-12-21(27)13-9-19/h4-15,23,29H,3,16H2,1-2H3. The van der Waals surface area contributed by atoms with Crippen molar-refractivity contribution < 1.29 is 18.3 Å². The number of nitrogens with zero attached hydrogens (tertiary/aromatic N) is 1. The van der Waals surface area contributed by atoms with Gasteiger partial charge in [0.15, 0.2) is 5.76 Å². The predicted octanol–water partition coefficient (Wildman–Crippen LogP) is 5.54. The molecule has 33 heavy (non-hydrogen) atoms. The Kier molecular flexibility index (Phi) is 6.32. The van der Waals surface area contributed by atoms with Crippen LogP contribution >= 0.6 is 11.6 Å². The summed E-state index contributed by atoms with van der Waals surface area (Å²) < 4.78 is 27.3. The maximum atomic E-state index is 13.6. The molecule has 0 radical (unpaired) electrons. The van der Waals surface area contributed by atoms with Crippen molar-refractivity contribution in [2.45, 2.75) is 37.8 Å². The van der Waals surface area contributed by atoms with E-state index in [4.69, 9.17) is 11.6 Å². The first-order chi connectivity index (χ1) is 15.7. The van der Waals surface area contributed by atoms with Gasteiger partial charge >= 0.3 is 0 Å². The fourth-order valence-corrected chi connectivity index (χ4v) is 5.74. The first-order valence-corrected chi connectivity index (χ1v) is 12.5. The second-order valence-corrected chi connectivity index (χ2v) is 10.4. The summed E-state index contributed by atoms with van der Waals surface area (Å²) in [5, 5.41) is 11.4. The van der Waals surface area contributed by atoms with Gasteiger partial charge in [0, 0.05) is 11.6 Å². The van der Waals surface area contributed by atoms with Crippen molar-refractivity contribution in [1.29, 1.82) is 0 Å². The van der Waals surface area contributed by atoms with E-state index in [1.807, 2.05) is 38.1 Å². The predicted molar refractivity (Wildman–Crippen MR) is 129 cm³/mol. The van der Waals surface area contributed by atoms with Crippen molar-refractivity contribution in [3.8, 4) is 0 Å². The van der Waals surface area contributed by atoms with Crippen LogP contribution in [0.4, 0.5) is 0 Å².